The highest BCUT2D eigenvalue weighted by Gasteiger charge is 2.58. The number of hydrogen-bond acceptors (Lipinski definition) is 5. The van der Waals surface area contributed by atoms with Gasteiger partial charge in [-0.1, -0.05) is 11.8 Å². The number of carbonyl (C=O) groups is 1. The lowest BCUT2D eigenvalue weighted by Crippen LogP contribution is -2.41. The molecule has 1 aromatic heterocycles. The van der Waals surface area contributed by atoms with Gasteiger partial charge in [0.25, 0.3) is 5.56 Å². The fraction of sp³-hybridized carbons (Fsp3) is 0.312. The Hall–Kier alpha value is -2.63. The van der Waals surface area contributed by atoms with Gasteiger partial charge in [0.05, 0.1) is 17.7 Å². The van der Waals surface area contributed by atoms with E-state index in [2.05, 4.69) is 15.0 Å². The molecule has 0 atom stereocenters. The molecule has 0 aliphatic carbocycles. The highest BCUT2D eigenvalue weighted by molar-refractivity contribution is 7.98. The Balaban J connectivity index is 1.88. The Kier molecular flexibility index (Phi) is 5.08. The van der Waals surface area contributed by atoms with Crippen LogP contribution in [0.4, 0.5) is 27.8 Å². The summed E-state index contributed by atoms with van der Waals surface area (Å²) in [6.07, 6.45) is -4.17. The molecular formula is C16H12F5N3O3S. The minimum atomic E-state index is -5.71. The number of ether oxygens (including phenoxy) is 1. The lowest BCUT2D eigenvalue weighted by Gasteiger charge is -2.20. The molecule has 0 fully saturated rings. The number of thioether (sulfide) groups is 1. The molecular weight excluding hydrogens is 409 g/mol. The molecule has 0 radical (unpaired) electrons. The van der Waals surface area contributed by atoms with E-state index in [4.69, 9.17) is 0 Å². The van der Waals surface area contributed by atoms with Crippen LogP contribution >= 0.6 is 11.8 Å². The molecule has 1 N–H and O–H groups in total. The van der Waals surface area contributed by atoms with Gasteiger partial charge in [0.2, 0.25) is 5.91 Å². The standard InChI is InChI=1S/C16H12F5N3O3S/c1-28-14-23-12-10(6-11(25)22-12)13(26)24(14)8-2-4-9(5-3-8)27-7-15(17,18)16(19,20)21/h2-5H,6-7H2,1H3,(H,22,25). The number of nitrogens with zero attached hydrogens (tertiary/aromatic N) is 2. The van der Waals surface area contributed by atoms with Crippen molar-refractivity contribution in [2.75, 3.05) is 18.2 Å². The molecule has 2 heterocycles. The number of carbonyl (C=O) groups excluding carboxylic acids is 1. The van der Waals surface area contributed by atoms with Crippen LogP contribution in [0.1, 0.15) is 5.56 Å². The van der Waals surface area contributed by atoms with E-state index in [-0.39, 0.29) is 34.6 Å². The smallest absolute Gasteiger partial charge is 0.456 e. The van der Waals surface area contributed by atoms with Gasteiger partial charge < -0.3 is 10.1 Å². The van der Waals surface area contributed by atoms with Gasteiger partial charge in [-0.3, -0.25) is 14.2 Å². The molecule has 150 valence electrons. The monoisotopic (exact) mass is 421 g/mol. The zero-order chi connectivity index (χ0) is 20.7. The van der Waals surface area contributed by atoms with Crippen LogP contribution in [0.25, 0.3) is 5.69 Å². The van der Waals surface area contributed by atoms with Crippen molar-refractivity contribution in [3.05, 3.63) is 40.2 Å². The summed E-state index contributed by atoms with van der Waals surface area (Å²) in [4.78, 5) is 28.4. The van der Waals surface area contributed by atoms with E-state index in [0.717, 1.165) is 23.9 Å². The van der Waals surface area contributed by atoms with Crippen LogP contribution < -0.4 is 15.6 Å². The van der Waals surface area contributed by atoms with Crippen molar-refractivity contribution in [2.45, 2.75) is 23.7 Å². The number of fused-ring (bicyclic) bond motifs is 1. The maximum absolute atomic E-state index is 12.9. The first-order valence-corrected chi connectivity index (χ1v) is 8.93. The zero-order valence-electron chi connectivity index (χ0n) is 14.1. The summed E-state index contributed by atoms with van der Waals surface area (Å²) < 4.78 is 68.2. The normalized spacial score (nSPS) is 14.0. The molecule has 1 aliphatic rings. The molecule has 3 rings (SSSR count). The molecule has 1 aromatic carbocycles. The van der Waals surface area contributed by atoms with Gasteiger partial charge in [-0.25, -0.2) is 4.98 Å². The number of amides is 1. The van der Waals surface area contributed by atoms with Crippen molar-refractivity contribution in [2.24, 2.45) is 0 Å². The van der Waals surface area contributed by atoms with E-state index >= 15 is 0 Å². The third-order valence-corrected chi connectivity index (χ3v) is 4.49. The Labute approximate surface area is 158 Å². The van der Waals surface area contributed by atoms with Gasteiger partial charge in [-0.15, -0.1) is 0 Å². The molecule has 2 aromatic rings. The predicted octanol–water partition coefficient (Wildman–Crippen LogP) is 3.03. The summed E-state index contributed by atoms with van der Waals surface area (Å²) in [6, 6.07) is 4.96. The van der Waals surface area contributed by atoms with Gasteiger partial charge in [0.15, 0.2) is 11.8 Å². The number of nitrogens with one attached hydrogen (secondary N) is 1. The lowest BCUT2D eigenvalue weighted by molar-refractivity contribution is -0.290. The first-order chi connectivity index (χ1) is 13.0. The third kappa shape index (κ3) is 3.68. The molecule has 0 saturated heterocycles. The van der Waals surface area contributed by atoms with Crippen molar-refractivity contribution < 1.29 is 31.5 Å². The lowest BCUT2D eigenvalue weighted by atomic mass is 10.2. The predicted molar refractivity (Wildman–Crippen MR) is 90.4 cm³/mol. The Morgan fingerprint density at radius 1 is 1.18 bits per heavy atom. The van der Waals surface area contributed by atoms with Crippen molar-refractivity contribution >= 4 is 23.5 Å². The number of anilines is 1. The fourth-order valence-corrected chi connectivity index (χ4v) is 3.00. The first-order valence-electron chi connectivity index (χ1n) is 7.71. The maximum Gasteiger partial charge on any atom is 0.456 e. The van der Waals surface area contributed by atoms with E-state index in [1.54, 1.807) is 6.26 Å². The van der Waals surface area contributed by atoms with E-state index in [1.807, 2.05) is 0 Å². The minimum absolute atomic E-state index is 0.121. The highest BCUT2D eigenvalue weighted by Crippen LogP contribution is 2.35. The minimum Gasteiger partial charge on any atom is -0.487 e. The van der Waals surface area contributed by atoms with E-state index < -0.39 is 24.3 Å². The number of hydrogen-bond donors (Lipinski definition) is 1. The quantitative estimate of drug-likeness (QED) is 0.457. The zero-order valence-corrected chi connectivity index (χ0v) is 15.0. The van der Waals surface area contributed by atoms with Crippen LogP contribution in [0.15, 0.2) is 34.2 Å². The molecule has 12 heteroatoms. The average Bonchev–Trinajstić information content (AvgIpc) is 3.00. The SMILES string of the molecule is CSc1nc2c(c(=O)n1-c1ccc(OCC(F)(F)C(F)(F)F)cc1)CC(=O)N2. The summed E-state index contributed by atoms with van der Waals surface area (Å²) in [5.41, 5.74) is -0.00292. The summed E-state index contributed by atoms with van der Waals surface area (Å²) in [5.74, 6) is -5.39. The Morgan fingerprint density at radius 2 is 1.82 bits per heavy atom. The van der Waals surface area contributed by atoms with Crippen molar-refractivity contribution in [3.8, 4) is 11.4 Å². The van der Waals surface area contributed by atoms with Crippen molar-refractivity contribution in [3.63, 3.8) is 0 Å². The molecule has 0 saturated carbocycles. The van der Waals surface area contributed by atoms with Gasteiger partial charge >= 0.3 is 12.1 Å². The first kappa shape index (κ1) is 20.1. The van der Waals surface area contributed by atoms with Crippen molar-refractivity contribution in [1.29, 1.82) is 0 Å². The van der Waals surface area contributed by atoms with Gasteiger partial charge in [0.1, 0.15) is 11.6 Å². The van der Waals surface area contributed by atoms with Crippen molar-refractivity contribution in [1.82, 2.24) is 9.55 Å². The van der Waals surface area contributed by atoms with Gasteiger partial charge in [-0.05, 0) is 30.5 Å². The maximum atomic E-state index is 12.9. The second-order valence-electron chi connectivity index (χ2n) is 5.78. The molecule has 0 bridgehead atoms. The van der Waals surface area contributed by atoms with E-state index in [9.17, 15) is 31.5 Å². The summed E-state index contributed by atoms with van der Waals surface area (Å²) in [5, 5.41) is 2.75. The van der Waals surface area contributed by atoms with Gasteiger partial charge in [-0.2, -0.15) is 22.0 Å². The second-order valence-corrected chi connectivity index (χ2v) is 6.55. The number of benzene rings is 1. The van der Waals surface area contributed by atoms with Crippen LogP contribution in [0, 0.1) is 0 Å². The van der Waals surface area contributed by atoms with E-state index in [0.29, 0.717) is 5.69 Å². The third-order valence-electron chi connectivity index (χ3n) is 3.85. The summed E-state index contributed by atoms with van der Waals surface area (Å²) >= 11 is 1.14. The summed E-state index contributed by atoms with van der Waals surface area (Å²) in [6.45, 7) is -1.86. The molecule has 1 amide bonds. The van der Waals surface area contributed by atoms with E-state index in [1.165, 1.54) is 16.7 Å². The van der Waals surface area contributed by atoms with Crippen LogP contribution in [0.2, 0.25) is 0 Å². The molecule has 6 nitrogen and oxygen atoms in total. The molecule has 28 heavy (non-hydrogen) atoms. The molecule has 0 unspecified atom stereocenters. The second kappa shape index (κ2) is 7.08. The van der Waals surface area contributed by atoms with Gasteiger partial charge in [0, 0.05) is 0 Å². The van der Waals surface area contributed by atoms with Crippen LogP contribution in [-0.4, -0.2) is 40.4 Å². The van der Waals surface area contributed by atoms with Crippen LogP contribution in [0.5, 0.6) is 5.75 Å². The molecule has 0 spiro atoms. The highest BCUT2D eigenvalue weighted by atomic mass is 32.2. The Bertz CT molecular complexity index is 973. The number of halogens is 5. The summed E-state index contributed by atoms with van der Waals surface area (Å²) in [7, 11) is 0. The van der Waals surface area contributed by atoms with Crippen LogP contribution in [0.3, 0.4) is 0 Å². The number of rotatable bonds is 5. The Morgan fingerprint density at radius 3 is 2.39 bits per heavy atom. The topological polar surface area (TPSA) is 73.2 Å². The average molecular weight is 421 g/mol. The fourth-order valence-electron chi connectivity index (χ4n) is 2.45. The van der Waals surface area contributed by atoms with Crippen LogP contribution in [-0.2, 0) is 11.2 Å². The number of alkyl halides is 5. The number of aromatic nitrogens is 2. The molecule has 1 aliphatic heterocycles. The largest absolute Gasteiger partial charge is 0.487 e.